The molecule has 0 spiro atoms. The summed E-state index contributed by atoms with van der Waals surface area (Å²) < 4.78 is 0. The van der Waals surface area contributed by atoms with Gasteiger partial charge in [0, 0.05) is 6.54 Å². The summed E-state index contributed by atoms with van der Waals surface area (Å²) >= 11 is 0. The molecule has 0 atom stereocenters. The monoisotopic (exact) mass is 198 g/mol. The van der Waals surface area contributed by atoms with E-state index in [1.807, 2.05) is 7.05 Å². The first-order valence-electron chi connectivity index (χ1n) is 6.12. The fraction of sp³-hybridized carbons (Fsp3) is 1.00. The standard InChI is InChI=1S/C12H26N2/c1-12(7-3-4-8-12)11-14-10-6-5-9-13-2/h13-14H,3-11H2,1-2H3. The highest BCUT2D eigenvalue weighted by Gasteiger charge is 2.27. The topological polar surface area (TPSA) is 24.1 Å². The van der Waals surface area contributed by atoms with Gasteiger partial charge >= 0.3 is 0 Å². The lowest BCUT2D eigenvalue weighted by Crippen LogP contribution is -2.30. The van der Waals surface area contributed by atoms with Gasteiger partial charge in [-0.05, 0) is 51.2 Å². The first kappa shape index (κ1) is 12.0. The normalized spacial score (nSPS) is 20.1. The summed E-state index contributed by atoms with van der Waals surface area (Å²) in [5, 5.41) is 6.78. The molecule has 0 aromatic carbocycles. The summed E-state index contributed by atoms with van der Waals surface area (Å²) in [4.78, 5) is 0. The SMILES string of the molecule is CNCCCCNCC1(C)CCCC1. The van der Waals surface area contributed by atoms with Crippen molar-refractivity contribution in [2.45, 2.75) is 45.4 Å². The van der Waals surface area contributed by atoms with Crippen LogP contribution >= 0.6 is 0 Å². The number of nitrogens with one attached hydrogen (secondary N) is 2. The van der Waals surface area contributed by atoms with Gasteiger partial charge in [-0.25, -0.2) is 0 Å². The van der Waals surface area contributed by atoms with Gasteiger partial charge in [-0.15, -0.1) is 0 Å². The van der Waals surface area contributed by atoms with Crippen LogP contribution in [0.25, 0.3) is 0 Å². The Morgan fingerprint density at radius 2 is 1.71 bits per heavy atom. The molecule has 0 aliphatic heterocycles. The Hall–Kier alpha value is -0.0800. The van der Waals surface area contributed by atoms with Crippen LogP contribution in [0.3, 0.4) is 0 Å². The van der Waals surface area contributed by atoms with E-state index in [9.17, 15) is 0 Å². The first-order valence-corrected chi connectivity index (χ1v) is 6.12. The third kappa shape index (κ3) is 4.43. The van der Waals surface area contributed by atoms with Gasteiger partial charge in [0.1, 0.15) is 0 Å². The summed E-state index contributed by atoms with van der Waals surface area (Å²) in [6.07, 6.45) is 8.33. The summed E-state index contributed by atoms with van der Waals surface area (Å²) in [5.74, 6) is 0. The zero-order valence-corrected chi connectivity index (χ0v) is 9.86. The molecule has 0 radical (unpaired) electrons. The highest BCUT2D eigenvalue weighted by Crippen LogP contribution is 2.36. The minimum atomic E-state index is 0.614. The van der Waals surface area contributed by atoms with Crippen LogP contribution in [0.5, 0.6) is 0 Å². The minimum absolute atomic E-state index is 0.614. The average Bonchev–Trinajstić information content (AvgIpc) is 2.59. The molecule has 84 valence electrons. The van der Waals surface area contributed by atoms with Crippen molar-refractivity contribution in [3.8, 4) is 0 Å². The molecule has 2 nitrogen and oxygen atoms in total. The number of hydrogen-bond donors (Lipinski definition) is 2. The van der Waals surface area contributed by atoms with Gasteiger partial charge in [0.2, 0.25) is 0 Å². The molecular weight excluding hydrogens is 172 g/mol. The van der Waals surface area contributed by atoms with Crippen LogP contribution in [-0.4, -0.2) is 26.7 Å². The maximum Gasteiger partial charge on any atom is 0.000516 e. The summed E-state index contributed by atoms with van der Waals surface area (Å²) in [6.45, 7) is 6.00. The Balaban J connectivity index is 1.92. The molecule has 1 saturated carbocycles. The second-order valence-electron chi connectivity index (χ2n) is 5.01. The van der Waals surface area contributed by atoms with Gasteiger partial charge < -0.3 is 10.6 Å². The molecule has 14 heavy (non-hydrogen) atoms. The molecule has 0 bridgehead atoms. The second kappa shape index (κ2) is 6.41. The third-order valence-corrected chi connectivity index (χ3v) is 3.39. The van der Waals surface area contributed by atoms with Crippen LogP contribution in [0.1, 0.15) is 45.4 Å². The summed E-state index contributed by atoms with van der Waals surface area (Å²) in [6, 6.07) is 0. The van der Waals surface area contributed by atoms with E-state index in [1.54, 1.807) is 0 Å². The van der Waals surface area contributed by atoms with Gasteiger partial charge in [-0.3, -0.25) is 0 Å². The third-order valence-electron chi connectivity index (χ3n) is 3.39. The van der Waals surface area contributed by atoms with Gasteiger partial charge in [-0.2, -0.15) is 0 Å². The molecule has 2 N–H and O–H groups in total. The molecule has 1 rings (SSSR count). The molecule has 0 unspecified atom stereocenters. The van der Waals surface area contributed by atoms with Crippen LogP contribution < -0.4 is 10.6 Å². The van der Waals surface area contributed by atoms with E-state index in [0.29, 0.717) is 5.41 Å². The maximum atomic E-state index is 3.60. The van der Waals surface area contributed by atoms with Crippen LogP contribution in [0.2, 0.25) is 0 Å². The van der Waals surface area contributed by atoms with Gasteiger partial charge in [0.05, 0.1) is 0 Å². The lowest BCUT2D eigenvalue weighted by Gasteiger charge is -2.23. The van der Waals surface area contributed by atoms with Crippen LogP contribution in [0, 0.1) is 5.41 Å². The van der Waals surface area contributed by atoms with Crippen molar-refractivity contribution in [1.82, 2.24) is 10.6 Å². The molecule has 0 aromatic rings. The number of hydrogen-bond acceptors (Lipinski definition) is 2. The Kier molecular flexibility index (Phi) is 5.49. The van der Waals surface area contributed by atoms with Gasteiger partial charge in [0.15, 0.2) is 0 Å². The molecule has 1 aliphatic carbocycles. The zero-order valence-electron chi connectivity index (χ0n) is 9.86. The Morgan fingerprint density at radius 3 is 2.36 bits per heavy atom. The van der Waals surface area contributed by atoms with Crippen LogP contribution in [0.15, 0.2) is 0 Å². The second-order valence-corrected chi connectivity index (χ2v) is 5.01. The molecule has 0 heterocycles. The largest absolute Gasteiger partial charge is 0.320 e. The van der Waals surface area contributed by atoms with Gasteiger partial charge in [-0.1, -0.05) is 19.8 Å². The fourth-order valence-electron chi connectivity index (χ4n) is 2.35. The summed E-state index contributed by atoms with van der Waals surface area (Å²) in [5.41, 5.74) is 0.614. The van der Waals surface area contributed by atoms with E-state index in [0.717, 1.165) is 6.54 Å². The number of rotatable bonds is 7. The molecule has 0 saturated heterocycles. The minimum Gasteiger partial charge on any atom is -0.320 e. The zero-order chi connectivity index (χ0) is 10.3. The molecule has 1 fully saturated rings. The van der Waals surface area contributed by atoms with Crippen molar-refractivity contribution in [2.75, 3.05) is 26.7 Å². The van der Waals surface area contributed by atoms with E-state index in [1.165, 1.54) is 51.6 Å². The fourth-order valence-corrected chi connectivity index (χ4v) is 2.35. The predicted octanol–water partition coefficient (Wildman–Crippen LogP) is 2.16. The Labute approximate surface area is 88.8 Å². The van der Waals surface area contributed by atoms with E-state index < -0.39 is 0 Å². The highest BCUT2D eigenvalue weighted by atomic mass is 14.9. The molecule has 1 aliphatic rings. The quantitative estimate of drug-likeness (QED) is 0.613. The Bertz CT molecular complexity index is 139. The molecule has 0 aromatic heterocycles. The summed E-state index contributed by atoms with van der Waals surface area (Å²) in [7, 11) is 2.02. The van der Waals surface area contributed by atoms with Crippen molar-refractivity contribution >= 4 is 0 Å². The smallest absolute Gasteiger partial charge is 0.000516 e. The van der Waals surface area contributed by atoms with Crippen molar-refractivity contribution in [1.29, 1.82) is 0 Å². The highest BCUT2D eigenvalue weighted by molar-refractivity contribution is 4.82. The Morgan fingerprint density at radius 1 is 1.07 bits per heavy atom. The lowest BCUT2D eigenvalue weighted by molar-refractivity contribution is 0.314. The van der Waals surface area contributed by atoms with Gasteiger partial charge in [0.25, 0.3) is 0 Å². The van der Waals surface area contributed by atoms with Crippen LogP contribution in [0.4, 0.5) is 0 Å². The molecule has 2 heteroatoms. The maximum absolute atomic E-state index is 3.60. The average molecular weight is 198 g/mol. The number of unbranched alkanes of at least 4 members (excludes halogenated alkanes) is 1. The molecular formula is C12H26N2. The molecule has 0 amide bonds. The first-order chi connectivity index (χ1) is 6.77. The van der Waals surface area contributed by atoms with E-state index in [4.69, 9.17) is 0 Å². The van der Waals surface area contributed by atoms with Crippen molar-refractivity contribution < 1.29 is 0 Å². The van der Waals surface area contributed by atoms with Crippen molar-refractivity contribution in [3.63, 3.8) is 0 Å². The van der Waals surface area contributed by atoms with Crippen molar-refractivity contribution in [2.24, 2.45) is 5.41 Å². The van der Waals surface area contributed by atoms with E-state index >= 15 is 0 Å². The van der Waals surface area contributed by atoms with Crippen LogP contribution in [-0.2, 0) is 0 Å². The van der Waals surface area contributed by atoms with Crippen molar-refractivity contribution in [3.05, 3.63) is 0 Å². The van der Waals surface area contributed by atoms with E-state index in [-0.39, 0.29) is 0 Å². The predicted molar refractivity (Wildman–Crippen MR) is 62.6 cm³/mol. The van der Waals surface area contributed by atoms with E-state index in [2.05, 4.69) is 17.6 Å². The lowest BCUT2D eigenvalue weighted by atomic mass is 9.89.